The predicted octanol–water partition coefficient (Wildman–Crippen LogP) is 4.39. The number of nitrogen functional groups attached to an aromatic ring is 1. The highest BCUT2D eigenvalue weighted by Crippen LogP contribution is 2.27. The molecule has 21 heavy (non-hydrogen) atoms. The molecular formula is C17H16ClN3. The molecule has 4 heteroatoms. The minimum atomic E-state index is 0.660. The summed E-state index contributed by atoms with van der Waals surface area (Å²) in [6.45, 7) is 4.18. The minimum absolute atomic E-state index is 0.660. The lowest BCUT2D eigenvalue weighted by Crippen LogP contribution is -1.94. The van der Waals surface area contributed by atoms with E-state index in [4.69, 9.17) is 17.3 Å². The second-order valence-corrected chi connectivity index (χ2v) is 5.59. The van der Waals surface area contributed by atoms with Crippen LogP contribution in [0.1, 0.15) is 11.1 Å². The average Bonchev–Trinajstić information content (AvgIpc) is 2.85. The topological polar surface area (TPSA) is 43.8 Å². The van der Waals surface area contributed by atoms with E-state index in [1.54, 1.807) is 4.68 Å². The second-order valence-electron chi connectivity index (χ2n) is 5.15. The third kappa shape index (κ3) is 2.65. The van der Waals surface area contributed by atoms with Crippen LogP contribution < -0.4 is 5.73 Å². The van der Waals surface area contributed by atoms with Crippen LogP contribution in [0.3, 0.4) is 0 Å². The van der Waals surface area contributed by atoms with Crippen molar-refractivity contribution in [2.75, 3.05) is 5.73 Å². The summed E-state index contributed by atoms with van der Waals surface area (Å²) in [5.74, 6) is 0. The molecule has 0 aliphatic carbocycles. The van der Waals surface area contributed by atoms with Gasteiger partial charge in [0.05, 0.1) is 17.6 Å². The molecule has 0 saturated heterocycles. The van der Waals surface area contributed by atoms with Crippen LogP contribution in [0.2, 0.25) is 5.02 Å². The van der Waals surface area contributed by atoms with E-state index in [1.165, 1.54) is 11.1 Å². The fraction of sp³-hybridized carbons (Fsp3) is 0.118. The van der Waals surface area contributed by atoms with E-state index in [0.717, 1.165) is 16.9 Å². The molecule has 3 nitrogen and oxygen atoms in total. The normalized spacial score (nSPS) is 10.8. The molecule has 106 valence electrons. The Morgan fingerprint density at radius 1 is 1.00 bits per heavy atom. The SMILES string of the molecule is Cc1ccc(-c2nn(-c3ccc(Cl)cc3)cc2N)cc1C. The number of benzene rings is 2. The summed E-state index contributed by atoms with van der Waals surface area (Å²) >= 11 is 5.91. The van der Waals surface area contributed by atoms with Gasteiger partial charge in [-0.05, 0) is 55.3 Å². The van der Waals surface area contributed by atoms with E-state index < -0.39 is 0 Å². The van der Waals surface area contributed by atoms with Crippen molar-refractivity contribution >= 4 is 17.3 Å². The molecule has 1 heterocycles. The number of hydrogen-bond donors (Lipinski definition) is 1. The summed E-state index contributed by atoms with van der Waals surface area (Å²) < 4.78 is 1.77. The maximum atomic E-state index is 6.12. The molecule has 0 aliphatic rings. The van der Waals surface area contributed by atoms with Gasteiger partial charge < -0.3 is 5.73 Å². The molecule has 0 spiro atoms. The highest BCUT2D eigenvalue weighted by Gasteiger charge is 2.10. The van der Waals surface area contributed by atoms with E-state index in [2.05, 4.69) is 31.1 Å². The van der Waals surface area contributed by atoms with Gasteiger partial charge in [-0.1, -0.05) is 23.7 Å². The fourth-order valence-corrected chi connectivity index (χ4v) is 2.35. The van der Waals surface area contributed by atoms with Crippen LogP contribution in [-0.2, 0) is 0 Å². The minimum Gasteiger partial charge on any atom is -0.396 e. The number of nitrogens with zero attached hydrogens (tertiary/aromatic N) is 2. The van der Waals surface area contributed by atoms with Crippen LogP contribution in [0.4, 0.5) is 5.69 Å². The van der Waals surface area contributed by atoms with Crippen molar-refractivity contribution in [1.82, 2.24) is 9.78 Å². The third-order valence-corrected chi connectivity index (χ3v) is 3.87. The van der Waals surface area contributed by atoms with Gasteiger partial charge in [-0.25, -0.2) is 4.68 Å². The van der Waals surface area contributed by atoms with Gasteiger partial charge in [0.25, 0.3) is 0 Å². The molecule has 0 amide bonds. The van der Waals surface area contributed by atoms with Crippen molar-refractivity contribution in [3.63, 3.8) is 0 Å². The lowest BCUT2D eigenvalue weighted by atomic mass is 10.0. The van der Waals surface area contributed by atoms with Crippen molar-refractivity contribution in [3.05, 3.63) is 64.8 Å². The molecule has 0 unspecified atom stereocenters. The van der Waals surface area contributed by atoms with Gasteiger partial charge in [0, 0.05) is 10.6 Å². The molecule has 0 saturated carbocycles. The maximum Gasteiger partial charge on any atom is 0.116 e. The smallest absolute Gasteiger partial charge is 0.116 e. The first-order valence-corrected chi connectivity index (χ1v) is 7.11. The molecule has 2 aromatic carbocycles. The summed E-state index contributed by atoms with van der Waals surface area (Å²) in [4.78, 5) is 0. The highest BCUT2D eigenvalue weighted by atomic mass is 35.5. The van der Waals surface area contributed by atoms with Gasteiger partial charge in [0.15, 0.2) is 0 Å². The number of rotatable bonds is 2. The quantitative estimate of drug-likeness (QED) is 0.762. The number of halogens is 1. The Morgan fingerprint density at radius 2 is 1.71 bits per heavy atom. The van der Waals surface area contributed by atoms with Crippen molar-refractivity contribution in [1.29, 1.82) is 0 Å². The molecule has 0 fully saturated rings. The number of aryl methyl sites for hydroxylation is 2. The largest absolute Gasteiger partial charge is 0.396 e. The van der Waals surface area contributed by atoms with Crippen LogP contribution >= 0.6 is 11.6 Å². The van der Waals surface area contributed by atoms with E-state index in [9.17, 15) is 0 Å². The Balaban J connectivity index is 2.05. The van der Waals surface area contributed by atoms with Gasteiger partial charge in [0.2, 0.25) is 0 Å². The van der Waals surface area contributed by atoms with Crippen molar-refractivity contribution in [2.24, 2.45) is 0 Å². The van der Waals surface area contributed by atoms with Gasteiger partial charge in [-0.2, -0.15) is 5.10 Å². The van der Waals surface area contributed by atoms with Crippen LogP contribution in [0.25, 0.3) is 16.9 Å². The van der Waals surface area contributed by atoms with Crippen molar-refractivity contribution in [2.45, 2.75) is 13.8 Å². The van der Waals surface area contributed by atoms with E-state index >= 15 is 0 Å². The summed E-state index contributed by atoms with van der Waals surface area (Å²) in [6, 6.07) is 13.8. The Labute approximate surface area is 129 Å². The molecule has 3 rings (SSSR count). The Bertz CT molecular complexity index is 788. The molecule has 0 bridgehead atoms. The molecule has 1 aromatic heterocycles. The summed E-state index contributed by atoms with van der Waals surface area (Å²) in [6.07, 6.45) is 1.83. The summed E-state index contributed by atoms with van der Waals surface area (Å²) in [5, 5.41) is 5.30. The summed E-state index contributed by atoms with van der Waals surface area (Å²) in [5.41, 5.74) is 12.0. The van der Waals surface area contributed by atoms with Gasteiger partial charge >= 0.3 is 0 Å². The van der Waals surface area contributed by atoms with E-state index in [0.29, 0.717) is 10.7 Å². The Kier molecular flexibility index (Phi) is 3.43. The lowest BCUT2D eigenvalue weighted by Gasteiger charge is -2.04. The molecule has 2 N–H and O–H groups in total. The van der Waals surface area contributed by atoms with E-state index in [-0.39, 0.29) is 0 Å². The lowest BCUT2D eigenvalue weighted by molar-refractivity contribution is 0.884. The highest BCUT2D eigenvalue weighted by molar-refractivity contribution is 6.30. The second kappa shape index (κ2) is 5.26. The Morgan fingerprint density at radius 3 is 2.38 bits per heavy atom. The van der Waals surface area contributed by atoms with Gasteiger partial charge in [0.1, 0.15) is 5.69 Å². The third-order valence-electron chi connectivity index (χ3n) is 3.61. The molecule has 0 aliphatic heterocycles. The zero-order valence-corrected chi connectivity index (χ0v) is 12.7. The van der Waals surface area contributed by atoms with Crippen molar-refractivity contribution < 1.29 is 0 Å². The molecule has 0 radical (unpaired) electrons. The van der Waals surface area contributed by atoms with Gasteiger partial charge in [-0.3, -0.25) is 0 Å². The first kappa shape index (κ1) is 13.7. The zero-order chi connectivity index (χ0) is 15.0. The molecule has 3 aromatic rings. The van der Waals surface area contributed by atoms with Crippen molar-refractivity contribution in [3.8, 4) is 16.9 Å². The number of hydrogen-bond acceptors (Lipinski definition) is 2. The maximum absolute atomic E-state index is 6.12. The van der Waals surface area contributed by atoms with Crippen LogP contribution in [-0.4, -0.2) is 9.78 Å². The first-order valence-electron chi connectivity index (χ1n) is 6.73. The number of anilines is 1. The number of aromatic nitrogens is 2. The zero-order valence-electron chi connectivity index (χ0n) is 12.0. The molecular weight excluding hydrogens is 282 g/mol. The standard InChI is InChI=1S/C17H16ClN3/c1-11-3-4-13(9-12(11)2)17-16(19)10-21(20-17)15-7-5-14(18)6-8-15/h3-10H,19H2,1-2H3. The van der Waals surface area contributed by atoms with E-state index in [1.807, 2.05) is 36.5 Å². The predicted molar refractivity (Wildman–Crippen MR) is 87.9 cm³/mol. The number of nitrogens with two attached hydrogens (primary N) is 1. The molecule has 0 atom stereocenters. The summed E-state index contributed by atoms with van der Waals surface area (Å²) in [7, 11) is 0. The Hall–Kier alpha value is -2.26. The first-order chi connectivity index (χ1) is 10.0. The van der Waals surface area contributed by atoms with Crippen LogP contribution in [0.5, 0.6) is 0 Å². The monoisotopic (exact) mass is 297 g/mol. The average molecular weight is 298 g/mol. The van der Waals surface area contributed by atoms with Crippen LogP contribution in [0.15, 0.2) is 48.7 Å². The van der Waals surface area contributed by atoms with Gasteiger partial charge in [-0.15, -0.1) is 0 Å². The fourth-order valence-electron chi connectivity index (χ4n) is 2.23. The van der Waals surface area contributed by atoms with Crippen LogP contribution in [0, 0.1) is 13.8 Å².